The molecule has 3 aliphatic heterocycles. The van der Waals surface area contributed by atoms with Crippen LogP contribution in [0.5, 0.6) is 0 Å². The van der Waals surface area contributed by atoms with E-state index in [9.17, 15) is 26.4 Å². The SMILES string of the molecule is O=C(C1CCS(=O)(=O)CC1)N1CC2CC1CN2c1ccc(-c2noc(C(F)(F)F)n2)cn1. The monoisotopic (exact) mass is 471 g/mol. The maximum atomic E-state index is 12.9. The molecule has 3 fully saturated rings. The molecule has 1 amide bonds. The molecule has 9 nitrogen and oxygen atoms in total. The van der Waals surface area contributed by atoms with Gasteiger partial charge < -0.3 is 14.3 Å². The summed E-state index contributed by atoms with van der Waals surface area (Å²) < 4.78 is 65.4. The molecule has 0 aromatic carbocycles. The normalized spacial score (nSPS) is 25.5. The maximum absolute atomic E-state index is 12.9. The van der Waals surface area contributed by atoms with Gasteiger partial charge in [0.25, 0.3) is 0 Å². The van der Waals surface area contributed by atoms with Crippen molar-refractivity contribution in [3.05, 3.63) is 24.2 Å². The molecule has 0 aliphatic carbocycles. The van der Waals surface area contributed by atoms with Crippen LogP contribution in [0.1, 0.15) is 25.2 Å². The van der Waals surface area contributed by atoms with E-state index in [0.29, 0.717) is 37.3 Å². The molecule has 5 rings (SSSR count). The fourth-order valence-corrected chi connectivity index (χ4v) is 6.22. The van der Waals surface area contributed by atoms with E-state index in [1.165, 1.54) is 6.20 Å². The van der Waals surface area contributed by atoms with Gasteiger partial charge in [-0.3, -0.25) is 4.79 Å². The smallest absolute Gasteiger partial charge is 0.350 e. The number of pyridine rings is 1. The summed E-state index contributed by atoms with van der Waals surface area (Å²) in [4.78, 5) is 24.6. The lowest BCUT2D eigenvalue weighted by molar-refractivity contribution is -0.159. The van der Waals surface area contributed by atoms with Crippen molar-refractivity contribution < 1.29 is 30.9 Å². The Balaban J connectivity index is 1.23. The first-order valence-corrected chi connectivity index (χ1v) is 12.1. The average Bonchev–Trinajstić information content (AvgIpc) is 3.48. The van der Waals surface area contributed by atoms with Crippen molar-refractivity contribution in [2.45, 2.75) is 37.5 Å². The van der Waals surface area contributed by atoms with E-state index in [2.05, 4.69) is 24.5 Å². The Labute approximate surface area is 181 Å². The Kier molecular flexibility index (Phi) is 4.91. The molecule has 13 heteroatoms. The van der Waals surface area contributed by atoms with E-state index in [4.69, 9.17) is 0 Å². The highest BCUT2D eigenvalue weighted by Gasteiger charge is 2.47. The second-order valence-electron chi connectivity index (χ2n) is 8.44. The molecular weight excluding hydrogens is 451 g/mol. The minimum atomic E-state index is -4.71. The quantitative estimate of drug-likeness (QED) is 0.666. The van der Waals surface area contributed by atoms with Crippen LogP contribution in [-0.4, -0.2) is 71.0 Å². The summed E-state index contributed by atoms with van der Waals surface area (Å²) in [7, 11) is -3.02. The van der Waals surface area contributed by atoms with E-state index >= 15 is 0 Å². The zero-order valence-electron chi connectivity index (χ0n) is 16.8. The maximum Gasteiger partial charge on any atom is 0.471 e. The first kappa shape index (κ1) is 21.2. The number of carbonyl (C=O) groups is 1. The third kappa shape index (κ3) is 3.82. The Morgan fingerprint density at radius 2 is 1.88 bits per heavy atom. The van der Waals surface area contributed by atoms with Gasteiger partial charge in [0.15, 0.2) is 0 Å². The van der Waals surface area contributed by atoms with Gasteiger partial charge in [-0.15, -0.1) is 0 Å². The summed E-state index contributed by atoms with van der Waals surface area (Å²) in [5, 5.41) is 3.36. The number of carbonyl (C=O) groups excluding carboxylic acids is 1. The third-order valence-corrected chi connectivity index (χ3v) is 8.11. The number of aromatic nitrogens is 3. The number of likely N-dealkylation sites (tertiary alicyclic amines) is 1. The Morgan fingerprint density at radius 1 is 1.12 bits per heavy atom. The number of amides is 1. The summed E-state index contributed by atoms with van der Waals surface area (Å²) >= 11 is 0. The molecule has 0 spiro atoms. The highest BCUT2D eigenvalue weighted by molar-refractivity contribution is 7.91. The molecule has 2 aromatic heterocycles. The van der Waals surface area contributed by atoms with Gasteiger partial charge in [-0.1, -0.05) is 5.16 Å². The molecule has 0 N–H and O–H groups in total. The number of rotatable bonds is 3. The van der Waals surface area contributed by atoms with Crippen molar-refractivity contribution in [3.8, 4) is 11.4 Å². The molecule has 3 aliphatic rings. The van der Waals surface area contributed by atoms with Crippen molar-refractivity contribution in [1.82, 2.24) is 20.0 Å². The molecule has 3 saturated heterocycles. The van der Waals surface area contributed by atoms with Crippen molar-refractivity contribution in [3.63, 3.8) is 0 Å². The molecule has 2 unspecified atom stereocenters. The van der Waals surface area contributed by atoms with Crippen LogP contribution in [0.2, 0.25) is 0 Å². The van der Waals surface area contributed by atoms with Crippen molar-refractivity contribution in [2.75, 3.05) is 29.5 Å². The largest absolute Gasteiger partial charge is 0.471 e. The number of nitrogens with zero attached hydrogens (tertiary/aromatic N) is 5. The van der Waals surface area contributed by atoms with E-state index in [-0.39, 0.29) is 41.2 Å². The van der Waals surface area contributed by atoms with E-state index in [1.807, 2.05) is 4.90 Å². The second kappa shape index (κ2) is 7.42. The van der Waals surface area contributed by atoms with Crippen LogP contribution < -0.4 is 4.90 Å². The first-order valence-electron chi connectivity index (χ1n) is 10.3. The number of fused-ring (bicyclic) bond motifs is 2. The van der Waals surface area contributed by atoms with Gasteiger partial charge in [0, 0.05) is 30.8 Å². The minimum Gasteiger partial charge on any atom is -0.350 e. The van der Waals surface area contributed by atoms with Crippen LogP contribution in [0.4, 0.5) is 19.0 Å². The zero-order valence-corrected chi connectivity index (χ0v) is 17.6. The minimum absolute atomic E-state index is 0.0351. The summed E-state index contributed by atoms with van der Waals surface area (Å²) in [6, 6.07) is 3.42. The lowest BCUT2D eigenvalue weighted by atomic mass is 10.0. The molecule has 0 radical (unpaired) electrons. The number of alkyl halides is 3. The Hall–Kier alpha value is -2.70. The van der Waals surface area contributed by atoms with Gasteiger partial charge in [0.05, 0.1) is 23.6 Å². The van der Waals surface area contributed by atoms with Crippen LogP contribution in [0.15, 0.2) is 22.9 Å². The van der Waals surface area contributed by atoms with Gasteiger partial charge in [-0.2, -0.15) is 18.2 Å². The fourth-order valence-electron chi connectivity index (χ4n) is 4.73. The number of piperazine rings is 1. The summed E-state index contributed by atoms with van der Waals surface area (Å²) in [6.45, 7) is 1.16. The highest BCUT2D eigenvalue weighted by atomic mass is 32.2. The van der Waals surface area contributed by atoms with Gasteiger partial charge in [0.1, 0.15) is 15.7 Å². The van der Waals surface area contributed by atoms with E-state index in [0.717, 1.165) is 6.42 Å². The Bertz CT molecular complexity index is 1120. The van der Waals surface area contributed by atoms with Crippen LogP contribution in [-0.2, 0) is 20.8 Å². The van der Waals surface area contributed by atoms with Crippen molar-refractivity contribution in [1.29, 1.82) is 0 Å². The predicted molar refractivity (Wildman–Crippen MR) is 105 cm³/mol. The molecule has 2 bridgehead atoms. The number of sulfone groups is 1. The van der Waals surface area contributed by atoms with Gasteiger partial charge >= 0.3 is 12.1 Å². The lowest BCUT2D eigenvalue weighted by Crippen LogP contribution is -2.51. The number of hydrogen-bond donors (Lipinski definition) is 0. The predicted octanol–water partition coefficient (Wildman–Crippen LogP) is 1.76. The van der Waals surface area contributed by atoms with Gasteiger partial charge in [-0.05, 0) is 31.4 Å². The van der Waals surface area contributed by atoms with E-state index in [1.54, 1.807) is 12.1 Å². The van der Waals surface area contributed by atoms with Crippen molar-refractivity contribution >= 4 is 21.6 Å². The average molecular weight is 471 g/mol. The van der Waals surface area contributed by atoms with Gasteiger partial charge in [0.2, 0.25) is 11.7 Å². The van der Waals surface area contributed by atoms with Crippen molar-refractivity contribution in [2.24, 2.45) is 5.92 Å². The summed E-state index contributed by atoms with van der Waals surface area (Å²) in [6.07, 6.45) is -1.73. The Morgan fingerprint density at radius 3 is 2.44 bits per heavy atom. The molecule has 0 saturated carbocycles. The molecule has 2 atom stereocenters. The molecule has 32 heavy (non-hydrogen) atoms. The van der Waals surface area contributed by atoms with Crippen LogP contribution in [0.25, 0.3) is 11.4 Å². The van der Waals surface area contributed by atoms with Crippen LogP contribution in [0.3, 0.4) is 0 Å². The molecule has 172 valence electrons. The highest BCUT2D eigenvalue weighted by Crippen LogP contribution is 2.36. The number of halogens is 3. The molecular formula is C19H20F3N5O4S. The van der Waals surface area contributed by atoms with Crippen LogP contribution >= 0.6 is 0 Å². The molecule has 5 heterocycles. The van der Waals surface area contributed by atoms with Gasteiger partial charge in [-0.25, -0.2) is 13.4 Å². The lowest BCUT2D eigenvalue weighted by Gasteiger charge is -2.37. The standard InChI is InChI=1S/C19H20F3N5O4S/c20-19(21,22)18-24-16(25-31-18)12-1-2-15(23-8-12)26-9-14-7-13(26)10-27(14)17(28)11-3-5-32(29,30)6-4-11/h1-2,8,11,13-14H,3-7,9-10H2. The van der Waals surface area contributed by atoms with Crippen LogP contribution in [0, 0.1) is 5.92 Å². The summed E-state index contributed by atoms with van der Waals surface area (Å²) in [5.41, 5.74) is 0.307. The third-order valence-electron chi connectivity index (χ3n) is 6.40. The van der Waals surface area contributed by atoms with E-state index < -0.39 is 21.9 Å². The number of anilines is 1. The molecule has 2 aromatic rings. The fraction of sp³-hybridized carbons (Fsp3) is 0.579. The topological polar surface area (TPSA) is 110 Å². The second-order valence-corrected chi connectivity index (χ2v) is 10.7. The zero-order chi connectivity index (χ0) is 22.7. The summed E-state index contributed by atoms with van der Waals surface area (Å²) in [5.74, 6) is -0.999. The first-order chi connectivity index (χ1) is 15.1. The number of hydrogen-bond acceptors (Lipinski definition) is 8.